The third-order valence-corrected chi connectivity index (χ3v) is 6.63. The van der Waals surface area contributed by atoms with E-state index in [1.807, 2.05) is 23.1 Å². The van der Waals surface area contributed by atoms with Gasteiger partial charge in [0.15, 0.2) is 11.5 Å². The van der Waals surface area contributed by atoms with Gasteiger partial charge in [0.25, 0.3) is 0 Å². The van der Waals surface area contributed by atoms with E-state index in [4.69, 9.17) is 9.47 Å². The Morgan fingerprint density at radius 2 is 2.04 bits per heavy atom. The molecule has 28 heavy (non-hydrogen) atoms. The van der Waals surface area contributed by atoms with Gasteiger partial charge in [0.1, 0.15) is 0 Å². The molecule has 2 fully saturated rings. The molecule has 5 nitrogen and oxygen atoms in total. The van der Waals surface area contributed by atoms with E-state index in [9.17, 15) is 4.79 Å². The van der Waals surface area contributed by atoms with Crippen LogP contribution < -0.4 is 14.8 Å². The summed E-state index contributed by atoms with van der Waals surface area (Å²) >= 11 is 1.72. The molecule has 1 aliphatic carbocycles. The maximum Gasteiger partial charge on any atom is 0.318 e. The number of thiophene rings is 1. The van der Waals surface area contributed by atoms with Crippen LogP contribution in [0.3, 0.4) is 0 Å². The molecule has 2 aliphatic rings. The molecule has 2 amide bonds. The lowest BCUT2D eigenvalue weighted by Gasteiger charge is -2.24. The highest BCUT2D eigenvalue weighted by Crippen LogP contribution is 2.35. The van der Waals surface area contributed by atoms with Crippen molar-refractivity contribution >= 4 is 17.4 Å². The molecule has 0 radical (unpaired) electrons. The van der Waals surface area contributed by atoms with Gasteiger partial charge in [0.05, 0.1) is 19.3 Å². The number of nitrogens with zero attached hydrogens (tertiary/aromatic N) is 1. The van der Waals surface area contributed by atoms with Crippen LogP contribution in [0.25, 0.3) is 0 Å². The number of ether oxygens (including phenoxy) is 2. The molecule has 1 saturated heterocycles. The number of hydrogen-bond donors (Lipinski definition) is 1. The third-order valence-electron chi connectivity index (χ3n) is 5.65. The number of amides is 2. The average molecular weight is 401 g/mol. The minimum atomic E-state index is 0.00461. The molecule has 2 aromatic rings. The number of methoxy groups -OCH3 is 1. The van der Waals surface area contributed by atoms with Gasteiger partial charge in [-0.2, -0.15) is 0 Å². The second-order valence-corrected chi connectivity index (χ2v) is 8.51. The maximum atomic E-state index is 12.8. The van der Waals surface area contributed by atoms with Crippen molar-refractivity contribution in [2.45, 2.75) is 57.2 Å². The summed E-state index contributed by atoms with van der Waals surface area (Å²) in [5.74, 6) is 1.53. The van der Waals surface area contributed by atoms with Crippen LogP contribution in [0.15, 0.2) is 35.7 Å². The SMILES string of the molecule is COc1ccc(CNC(=O)N2CCCC2c2cccs2)cc1OC1CCCC1. The molecule has 0 spiro atoms. The van der Waals surface area contributed by atoms with Gasteiger partial charge in [-0.3, -0.25) is 0 Å². The van der Waals surface area contributed by atoms with Crippen molar-refractivity contribution in [3.63, 3.8) is 0 Å². The largest absolute Gasteiger partial charge is 0.493 e. The first-order valence-electron chi connectivity index (χ1n) is 10.2. The van der Waals surface area contributed by atoms with E-state index in [-0.39, 0.29) is 18.2 Å². The summed E-state index contributed by atoms with van der Waals surface area (Å²) in [5.41, 5.74) is 1.02. The van der Waals surface area contributed by atoms with Gasteiger partial charge in [-0.15, -0.1) is 11.3 Å². The molecule has 4 rings (SSSR count). The lowest BCUT2D eigenvalue weighted by molar-refractivity contribution is 0.193. The summed E-state index contributed by atoms with van der Waals surface area (Å²) in [6, 6.07) is 10.3. The molecule has 6 heteroatoms. The van der Waals surface area contributed by atoms with Crippen molar-refractivity contribution in [1.29, 1.82) is 0 Å². The smallest absolute Gasteiger partial charge is 0.318 e. The number of nitrogens with one attached hydrogen (secondary N) is 1. The van der Waals surface area contributed by atoms with Crippen molar-refractivity contribution in [1.82, 2.24) is 10.2 Å². The molecule has 1 atom stereocenters. The number of rotatable bonds is 6. The molecule has 150 valence electrons. The Morgan fingerprint density at radius 3 is 2.79 bits per heavy atom. The topological polar surface area (TPSA) is 50.8 Å². The summed E-state index contributed by atoms with van der Waals surface area (Å²) in [4.78, 5) is 16.0. The Labute approximate surface area is 170 Å². The molecular formula is C22H28N2O3S. The predicted octanol–water partition coefficient (Wildman–Crippen LogP) is 5.12. The van der Waals surface area contributed by atoms with Gasteiger partial charge in [-0.05, 0) is 67.7 Å². The fourth-order valence-corrected chi connectivity index (χ4v) is 5.05. The first-order chi connectivity index (χ1) is 13.7. The molecule has 1 saturated carbocycles. The second-order valence-electron chi connectivity index (χ2n) is 7.54. The lowest BCUT2D eigenvalue weighted by atomic mass is 10.2. The van der Waals surface area contributed by atoms with Gasteiger partial charge in [0, 0.05) is 18.0 Å². The van der Waals surface area contributed by atoms with Crippen LogP contribution in [0, 0.1) is 0 Å². The summed E-state index contributed by atoms with van der Waals surface area (Å²) in [7, 11) is 1.66. The Kier molecular flexibility index (Phi) is 6.05. The zero-order chi connectivity index (χ0) is 19.3. The molecule has 1 N–H and O–H groups in total. The second kappa shape index (κ2) is 8.86. The highest BCUT2D eigenvalue weighted by molar-refractivity contribution is 7.10. The highest BCUT2D eigenvalue weighted by atomic mass is 32.1. The summed E-state index contributed by atoms with van der Waals surface area (Å²) in [6.07, 6.45) is 7.02. The van der Waals surface area contributed by atoms with Crippen LogP contribution in [0.2, 0.25) is 0 Å². The lowest BCUT2D eigenvalue weighted by Crippen LogP contribution is -2.38. The van der Waals surface area contributed by atoms with Crippen molar-refractivity contribution in [3.8, 4) is 11.5 Å². The molecule has 1 unspecified atom stereocenters. The maximum absolute atomic E-state index is 12.8. The fraction of sp³-hybridized carbons (Fsp3) is 0.500. The number of carbonyl (C=O) groups is 1. The van der Waals surface area contributed by atoms with E-state index in [1.165, 1.54) is 17.7 Å². The molecule has 2 heterocycles. The van der Waals surface area contributed by atoms with Gasteiger partial charge in [-0.25, -0.2) is 4.79 Å². The summed E-state index contributed by atoms with van der Waals surface area (Å²) in [6.45, 7) is 1.30. The van der Waals surface area contributed by atoms with E-state index >= 15 is 0 Å². The first-order valence-corrected chi connectivity index (χ1v) is 11.0. The van der Waals surface area contributed by atoms with E-state index in [0.29, 0.717) is 6.54 Å². The third kappa shape index (κ3) is 4.27. The van der Waals surface area contributed by atoms with Crippen molar-refractivity contribution in [2.24, 2.45) is 0 Å². The number of urea groups is 1. The Bertz CT molecular complexity index is 787. The molecule has 1 aromatic heterocycles. The Balaban J connectivity index is 1.39. The first kappa shape index (κ1) is 19.1. The van der Waals surface area contributed by atoms with Crippen LogP contribution in [-0.2, 0) is 6.54 Å². The summed E-state index contributed by atoms with van der Waals surface area (Å²) in [5, 5.41) is 5.16. The Morgan fingerprint density at radius 1 is 1.18 bits per heavy atom. The monoisotopic (exact) mass is 400 g/mol. The number of likely N-dealkylation sites (tertiary alicyclic amines) is 1. The molecular weight excluding hydrogens is 372 g/mol. The highest BCUT2D eigenvalue weighted by Gasteiger charge is 2.30. The van der Waals surface area contributed by atoms with Crippen LogP contribution in [-0.4, -0.2) is 30.7 Å². The van der Waals surface area contributed by atoms with E-state index in [0.717, 1.165) is 49.3 Å². The molecule has 1 aliphatic heterocycles. The van der Waals surface area contributed by atoms with E-state index in [1.54, 1.807) is 18.4 Å². The Hall–Kier alpha value is -2.21. The number of benzene rings is 1. The number of hydrogen-bond acceptors (Lipinski definition) is 4. The fourth-order valence-electron chi connectivity index (χ4n) is 4.17. The standard InChI is InChI=1S/C22H28N2O3S/c1-26-19-11-10-16(14-20(19)27-17-6-2-3-7-17)15-23-22(25)24-12-4-8-18(24)21-9-5-13-28-21/h5,9-11,13-14,17-18H,2-4,6-8,12,15H2,1H3,(H,23,25). The molecule has 0 bridgehead atoms. The van der Waals surface area contributed by atoms with Crippen LogP contribution in [0.1, 0.15) is 55.0 Å². The minimum Gasteiger partial charge on any atom is -0.493 e. The summed E-state index contributed by atoms with van der Waals surface area (Å²) < 4.78 is 11.6. The van der Waals surface area contributed by atoms with Crippen LogP contribution in [0.5, 0.6) is 11.5 Å². The average Bonchev–Trinajstić information content (AvgIpc) is 3.48. The van der Waals surface area contributed by atoms with E-state index < -0.39 is 0 Å². The predicted molar refractivity (Wildman–Crippen MR) is 111 cm³/mol. The van der Waals surface area contributed by atoms with Crippen molar-refractivity contribution in [3.05, 3.63) is 46.2 Å². The van der Waals surface area contributed by atoms with Crippen LogP contribution >= 0.6 is 11.3 Å². The minimum absolute atomic E-state index is 0.00461. The molecule has 1 aromatic carbocycles. The number of carbonyl (C=O) groups excluding carboxylic acids is 1. The van der Waals surface area contributed by atoms with Crippen molar-refractivity contribution in [2.75, 3.05) is 13.7 Å². The van der Waals surface area contributed by atoms with E-state index in [2.05, 4.69) is 22.8 Å². The quantitative estimate of drug-likeness (QED) is 0.732. The zero-order valence-electron chi connectivity index (χ0n) is 16.4. The van der Waals surface area contributed by atoms with Gasteiger partial charge < -0.3 is 19.7 Å². The van der Waals surface area contributed by atoms with Crippen LogP contribution in [0.4, 0.5) is 4.79 Å². The zero-order valence-corrected chi connectivity index (χ0v) is 17.2. The van der Waals surface area contributed by atoms with Gasteiger partial charge in [0.2, 0.25) is 0 Å². The normalized spacial score (nSPS) is 19.8. The van der Waals surface area contributed by atoms with Gasteiger partial charge >= 0.3 is 6.03 Å². The van der Waals surface area contributed by atoms with Gasteiger partial charge in [-0.1, -0.05) is 12.1 Å². The van der Waals surface area contributed by atoms with Crippen molar-refractivity contribution < 1.29 is 14.3 Å².